The third-order valence-electron chi connectivity index (χ3n) is 2.88. The van der Waals surface area contributed by atoms with Crippen LogP contribution in [0.4, 0.5) is 10.1 Å². The van der Waals surface area contributed by atoms with Gasteiger partial charge >= 0.3 is 11.7 Å². The third-order valence-corrected chi connectivity index (χ3v) is 2.88. The molecule has 0 aliphatic rings. The van der Waals surface area contributed by atoms with Crippen molar-refractivity contribution in [3.63, 3.8) is 0 Å². The van der Waals surface area contributed by atoms with Crippen molar-refractivity contribution in [2.45, 2.75) is 13.5 Å². The zero-order valence-corrected chi connectivity index (χ0v) is 11.3. The Morgan fingerprint density at radius 1 is 1.43 bits per heavy atom. The molecule has 0 aliphatic heterocycles. The molecule has 2 aromatic rings. The second-order valence-electron chi connectivity index (χ2n) is 4.28. The van der Waals surface area contributed by atoms with Crippen molar-refractivity contribution in [1.29, 1.82) is 0 Å². The van der Waals surface area contributed by atoms with Crippen LogP contribution in [-0.4, -0.2) is 22.1 Å². The number of halogens is 1. The molecule has 1 heterocycles. The minimum Gasteiger partial charge on any atom is -0.461 e. The van der Waals surface area contributed by atoms with Gasteiger partial charge in [0.1, 0.15) is 5.69 Å². The molecule has 0 bridgehead atoms. The van der Waals surface area contributed by atoms with Gasteiger partial charge in [0, 0.05) is 18.8 Å². The molecule has 1 aromatic carbocycles. The van der Waals surface area contributed by atoms with Gasteiger partial charge in [-0.05, 0) is 30.7 Å². The molecule has 2 rings (SSSR count). The first-order chi connectivity index (χ1) is 10.0. The summed E-state index contributed by atoms with van der Waals surface area (Å²) in [5.74, 6) is -1.37. The fraction of sp³-hybridized carbons (Fsp3) is 0.214. The number of ether oxygens (including phenoxy) is 1. The second-order valence-corrected chi connectivity index (χ2v) is 4.28. The van der Waals surface area contributed by atoms with E-state index in [2.05, 4.69) is 0 Å². The summed E-state index contributed by atoms with van der Waals surface area (Å²) in [7, 11) is 0. The molecule has 0 aliphatic carbocycles. The molecule has 0 radical (unpaired) electrons. The van der Waals surface area contributed by atoms with E-state index >= 15 is 0 Å². The van der Waals surface area contributed by atoms with E-state index in [0.717, 1.165) is 12.1 Å². The van der Waals surface area contributed by atoms with E-state index < -0.39 is 22.4 Å². The number of rotatable bonds is 5. The standard InChI is InChI=1S/C14H13FN2O4/c1-2-21-14(18)13-4-3-7-16(13)9-10-5-6-12(17(19)20)11(15)8-10/h3-8H,2,9H2,1H3. The van der Waals surface area contributed by atoms with Crippen LogP contribution in [0.3, 0.4) is 0 Å². The maximum absolute atomic E-state index is 13.6. The van der Waals surface area contributed by atoms with Gasteiger partial charge in [0.25, 0.3) is 0 Å². The zero-order chi connectivity index (χ0) is 15.4. The molecule has 0 N–H and O–H groups in total. The molecule has 1 aromatic heterocycles. The number of carbonyl (C=O) groups excluding carboxylic acids is 1. The van der Waals surface area contributed by atoms with Gasteiger partial charge in [-0.15, -0.1) is 0 Å². The Kier molecular flexibility index (Phi) is 4.32. The van der Waals surface area contributed by atoms with E-state index in [1.54, 1.807) is 29.8 Å². The molecule has 6 nitrogen and oxygen atoms in total. The van der Waals surface area contributed by atoms with Gasteiger partial charge in [-0.1, -0.05) is 6.07 Å². The highest BCUT2D eigenvalue weighted by Crippen LogP contribution is 2.19. The summed E-state index contributed by atoms with van der Waals surface area (Å²) >= 11 is 0. The van der Waals surface area contributed by atoms with E-state index in [-0.39, 0.29) is 13.2 Å². The number of nitro benzene ring substituents is 1. The van der Waals surface area contributed by atoms with Gasteiger partial charge in [-0.25, -0.2) is 4.79 Å². The fourth-order valence-corrected chi connectivity index (χ4v) is 1.94. The number of nitrogens with zero attached hydrogens (tertiary/aromatic N) is 2. The molecular formula is C14H13FN2O4. The Bertz CT molecular complexity index is 681. The fourth-order valence-electron chi connectivity index (χ4n) is 1.94. The van der Waals surface area contributed by atoms with Gasteiger partial charge in [0.2, 0.25) is 5.82 Å². The topological polar surface area (TPSA) is 74.4 Å². The smallest absolute Gasteiger partial charge is 0.354 e. The van der Waals surface area contributed by atoms with Crippen LogP contribution in [0.5, 0.6) is 0 Å². The van der Waals surface area contributed by atoms with Crippen LogP contribution in [-0.2, 0) is 11.3 Å². The molecule has 0 unspecified atom stereocenters. The van der Waals surface area contributed by atoms with Crippen LogP contribution < -0.4 is 0 Å². The van der Waals surface area contributed by atoms with Crippen LogP contribution in [0.25, 0.3) is 0 Å². The second kappa shape index (κ2) is 6.17. The Hall–Kier alpha value is -2.70. The van der Waals surface area contributed by atoms with Crippen LogP contribution in [0.15, 0.2) is 36.5 Å². The van der Waals surface area contributed by atoms with E-state index in [9.17, 15) is 19.3 Å². The number of esters is 1. The number of hydrogen-bond acceptors (Lipinski definition) is 4. The number of benzene rings is 1. The van der Waals surface area contributed by atoms with Gasteiger partial charge in [0.05, 0.1) is 11.5 Å². The molecule has 0 amide bonds. The van der Waals surface area contributed by atoms with Crippen LogP contribution in [0.1, 0.15) is 23.0 Å². The lowest BCUT2D eigenvalue weighted by Gasteiger charge is -2.08. The van der Waals surface area contributed by atoms with E-state index in [4.69, 9.17) is 4.74 Å². The van der Waals surface area contributed by atoms with Crippen molar-refractivity contribution in [1.82, 2.24) is 4.57 Å². The highest BCUT2D eigenvalue weighted by molar-refractivity contribution is 5.87. The molecule has 0 atom stereocenters. The average molecular weight is 292 g/mol. The highest BCUT2D eigenvalue weighted by atomic mass is 19.1. The van der Waals surface area contributed by atoms with E-state index in [0.29, 0.717) is 11.3 Å². The highest BCUT2D eigenvalue weighted by Gasteiger charge is 2.16. The normalized spacial score (nSPS) is 10.4. The van der Waals surface area contributed by atoms with Crippen molar-refractivity contribution >= 4 is 11.7 Å². The minimum atomic E-state index is -0.901. The lowest BCUT2D eigenvalue weighted by molar-refractivity contribution is -0.387. The first kappa shape index (κ1) is 14.7. The van der Waals surface area contributed by atoms with Crippen LogP contribution >= 0.6 is 0 Å². The van der Waals surface area contributed by atoms with Crippen molar-refractivity contribution in [2.24, 2.45) is 0 Å². The number of hydrogen-bond donors (Lipinski definition) is 0. The van der Waals surface area contributed by atoms with Gasteiger partial charge in [-0.3, -0.25) is 10.1 Å². The summed E-state index contributed by atoms with van der Waals surface area (Å²) in [6, 6.07) is 6.93. The summed E-state index contributed by atoms with van der Waals surface area (Å²) in [5.41, 5.74) is 0.285. The van der Waals surface area contributed by atoms with E-state index in [1.807, 2.05) is 0 Å². The molecule has 0 spiro atoms. The molecule has 7 heteroatoms. The molecule has 21 heavy (non-hydrogen) atoms. The number of aromatic nitrogens is 1. The molecular weight excluding hydrogens is 279 g/mol. The largest absolute Gasteiger partial charge is 0.461 e. The quantitative estimate of drug-likeness (QED) is 0.482. The molecule has 0 fully saturated rings. The molecule has 110 valence electrons. The van der Waals surface area contributed by atoms with E-state index in [1.165, 1.54) is 6.07 Å². The minimum absolute atomic E-state index is 0.218. The monoisotopic (exact) mass is 292 g/mol. The van der Waals surface area contributed by atoms with Crippen molar-refractivity contribution < 1.29 is 18.8 Å². The summed E-state index contributed by atoms with van der Waals surface area (Å²) in [4.78, 5) is 21.5. The zero-order valence-electron chi connectivity index (χ0n) is 11.3. The summed E-state index contributed by atoms with van der Waals surface area (Å²) < 4.78 is 20.1. The van der Waals surface area contributed by atoms with Gasteiger partial charge in [-0.2, -0.15) is 4.39 Å². The Morgan fingerprint density at radius 2 is 2.19 bits per heavy atom. The maximum atomic E-state index is 13.6. The molecule has 0 saturated heterocycles. The van der Waals surface area contributed by atoms with Crippen LogP contribution in [0.2, 0.25) is 0 Å². The Labute approximate surface area is 119 Å². The van der Waals surface area contributed by atoms with Gasteiger partial charge < -0.3 is 9.30 Å². The molecule has 0 saturated carbocycles. The number of nitro groups is 1. The SMILES string of the molecule is CCOC(=O)c1cccn1Cc1ccc([N+](=O)[O-])c(F)c1. The lowest BCUT2D eigenvalue weighted by atomic mass is 10.2. The van der Waals surface area contributed by atoms with Crippen molar-refractivity contribution in [3.05, 3.63) is 63.7 Å². The maximum Gasteiger partial charge on any atom is 0.354 e. The first-order valence-electron chi connectivity index (χ1n) is 6.28. The van der Waals surface area contributed by atoms with Crippen LogP contribution in [0, 0.1) is 15.9 Å². The van der Waals surface area contributed by atoms with Crippen molar-refractivity contribution in [2.75, 3.05) is 6.61 Å². The average Bonchev–Trinajstić information content (AvgIpc) is 2.87. The van der Waals surface area contributed by atoms with Gasteiger partial charge in [0.15, 0.2) is 0 Å². The Morgan fingerprint density at radius 3 is 2.81 bits per heavy atom. The summed E-state index contributed by atoms with van der Waals surface area (Å²) in [5, 5.41) is 10.6. The predicted octanol–water partition coefficient (Wildman–Crippen LogP) is 2.76. The Balaban J connectivity index is 2.23. The summed E-state index contributed by atoms with van der Waals surface area (Å²) in [6.45, 7) is 2.18. The first-order valence-corrected chi connectivity index (χ1v) is 6.28. The summed E-state index contributed by atoms with van der Waals surface area (Å²) in [6.07, 6.45) is 1.66. The number of carbonyl (C=O) groups is 1. The third kappa shape index (κ3) is 3.25. The predicted molar refractivity (Wildman–Crippen MR) is 72.5 cm³/mol. The van der Waals surface area contributed by atoms with Crippen molar-refractivity contribution in [3.8, 4) is 0 Å². The lowest BCUT2D eigenvalue weighted by Crippen LogP contribution is -2.12.